The van der Waals surface area contributed by atoms with Gasteiger partial charge in [-0.3, -0.25) is 9.59 Å². The number of aromatic amines is 1. The Morgan fingerprint density at radius 1 is 0.955 bits per heavy atom. The second-order valence-electron chi connectivity index (χ2n) is 12.6. The van der Waals surface area contributed by atoms with Crippen molar-refractivity contribution in [2.24, 2.45) is 11.8 Å². The van der Waals surface area contributed by atoms with E-state index in [2.05, 4.69) is 53.3 Å². The van der Waals surface area contributed by atoms with Gasteiger partial charge in [0.15, 0.2) is 11.5 Å². The molecule has 0 radical (unpaired) electrons. The van der Waals surface area contributed by atoms with Crippen molar-refractivity contribution >= 4 is 22.7 Å². The van der Waals surface area contributed by atoms with Crippen LogP contribution in [0.25, 0.3) is 10.9 Å². The van der Waals surface area contributed by atoms with Gasteiger partial charge in [-0.15, -0.1) is 0 Å². The Balaban J connectivity index is 1.25. The smallest absolute Gasteiger partial charge is 0.254 e. The number of hydrogen-bond donors (Lipinski definition) is 2. The van der Waals surface area contributed by atoms with E-state index >= 15 is 0 Å². The Kier molecular flexibility index (Phi) is 10.5. The van der Waals surface area contributed by atoms with Crippen LogP contribution in [0.5, 0.6) is 11.5 Å². The van der Waals surface area contributed by atoms with Gasteiger partial charge in [0, 0.05) is 75.2 Å². The van der Waals surface area contributed by atoms with E-state index in [0.29, 0.717) is 49.3 Å². The van der Waals surface area contributed by atoms with Crippen molar-refractivity contribution in [3.05, 3.63) is 59.3 Å². The zero-order valence-electron chi connectivity index (χ0n) is 26.9. The number of rotatable bonds is 15. The van der Waals surface area contributed by atoms with Crippen molar-refractivity contribution in [1.29, 1.82) is 0 Å². The molecular formula is C35H48N4O5. The Morgan fingerprint density at radius 2 is 1.73 bits per heavy atom. The van der Waals surface area contributed by atoms with Crippen LogP contribution < -0.4 is 14.8 Å². The average molecular weight is 605 g/mol. The van der Waals surface area contributed by atoms with Crippen LogP contribution in [0.1, 0.15) is 54.7 Å². The van der Waals surface area contributed by atoms with E-state index in [1.807, 2.05) is 17.9 Å². The molecule has 0 unspecified atom stereocenters. The summed E-state index contributed by atoms with van der Waals surface area (Å²) in [5.41, 5.74) is 3.84. The third-order valence-corrected chi connectivity index (χ3v) is 8.87. The SMILES string of the molecule is COCCCOc1cc(C(=O)N(C[C@@H]2CNC[C@H]2CN(C(=O)Cc2ccc3[nH]c(C)cc3c2)C2CC2)C(C)C)ccc1OC. The Bertz CT molecular complexity index is 1430. The summed E-state index contributed by atoms with van der Waals surface area (Å²) < 4.78 is 16.6. The maximum absolute atomic E-state index is 13.9. The van der Waals surface area contributed by atoms with Gasteiger partial charge in [0.25, 0.3) is 5.91 Å². The van der Waals surface area contributed by atoms with Crippen molar-refractivity contribution in [3.8, 4) is 11.5 Å². The standard InChI is InChI=1S/C35H48N4O5/c1-23(2)38(35(41)26-8-12-32(43-5)33(18-26)44-14-6-13-42-4)21-28-19-36-20-29(28)22-39(30-9-10-30)34(40)17-25-7-11-31-27(16-25)15-24(3)37-31/h7-8,11-12,15-16,18,23,28-30,36-37H,6,9-10,13-14,17,19-22H2,1-5H3/t28-,29-/m0/s1. The number of carbonyl (C=O) groups excluding carboxylic acids is 2. The lowest BCUT2D eigenvalue weighted by Gasteiger charge is -2.34. The van der Waals surface area contributed by atoms with E-state index in [-0.39, 0.29) is 29.7 Å². The maximum Gasteiger partial charge on any atom is 0.254 e. The van der Waals surface area contributed by atoms with Gasteiger partial charge in [0.05, 0.1) is 20.1 Å². The monoisotopic (exact) mass is 604 g/mol. The van der Waals surface area contributed by atoms with Gasteiger partial charge >= 0.3 is 0 Å². The Labute approximate surface area is 261 Å². The number of methoxy groups -OCH3 is 2. The summed E-state index contributed by atoms with van der Waals surface area (Å²) in [5.74, 6) is 1.85. The van der Waals surface area contributed by atoms with Crippen molar-refractivity contribution in [1.82, 2.24) is 20.1 Å². The number of H-pyrrole nitrogens is 1. The van der Waals surface area contributed by atoms with Crippen LogP contribution in [0.15, 0.2) is 42.5 Å². The zero-order chi connectivity index (χ0) is 31.2. The molecule has 2 atom stereocenters. The Morgan fingerprint density at radius 3 is 2.43 bits per heavy atom. The van der Waals surface area contributed by atoms with Crippen molar-refractivity contribution in [3.63, 3.8) is 0 Å². The highest BCUT2D eigenvalue weighted by molar-refractivity contribution is 5.95. The topological polar surface area (TPSA) is 96.1 Å². The number of fused-ring (bicyclic) bond motifs is 1. The number of nitrogens with zero attached hydrogens (tertiary/aromatic N) is 2. The number of ether oxygens (including phenoxy) is 3. The summed E-state index contributed by atoms with van der Waals surface area (Å²) in [6, 6.07) is 14.1. The first-order chi connectivity index (χ1) is 21.3. The molecule has 2 aliphatic rings. The molecule has 1 aliphatic heterocycles. The first-order valence-corrected chi connectivity index (χ1v) is 16.0. The molecule has 1 aromatic heterocycles. The van der Waals surface area contributed by atoms with Gasteiger partial charge in [-0.05, 0) is 92.8 Å². The lowest BCUT2D eigenvalue weighted by Crippen LogP contribution is -2.45. The molecule has 2 aromatic carbocycles. The number of benzene rings is 2. The number of amides is 2. The molecule has 2 amide bonds. The van der Waals surface area contributed by atoms with Crippen LogP contribution >= 0.6 is 0 Å². The zero-order valence-corrected chi connectivity index (χ0v) is 26.9. The maximum atomic E-state index is 13.9. The molecule has 238 valence electrons. The van der Waals surface area contributed by atoms with Crippen LogP contribution in [0.3, 0.4) is 0 Å². The first-order valence-electron chi connectivity index (χ1n) is 16.0. The van der Waals surface area contributed by atoms with Gasteiger partial charge in [0.2, 0.25) is 5.91 Å². The van der Waals surface area contributed by atoms with Crippen LogP contribution in [0.2, 0.25) is 0 Å². The summed E-state index contributed by atoms with van der Waals surface area (Å²) in [6.07, 6.45) is 3.28. The van der Waals surface area contributed by atoms with E-state index in [0.717, 1.165) is 61.1 Å². The number of carbonyl (C=O) groups is 2. The van der Waals surface area contributed by atoms with Gasteiger partial charge in [0.1, 0.15) is 0 Å². The highest BCUT2D eigenvalue weighted by Gasteiger charge is 2.38. The van der Waals surface area contributed by atoms with Crippen molar-refractivity contribution in [2.45, 2.75) is 58.5 Å². The third kappa shape index (κ3) is 7.74. The van der Waals surface area contributed by atoms with Crippen LogP contribution in [0, 0.1) is 18.8 Å². The van der Waals surface area contributed by atoms with Crippen LogP contribution in [-0.2, 0) is 16.0 Å². The highest BCUT2D eigenvalue weighted by Crippen LogP contribution is 2.32. The number of aromatic nitrogens is 1. The highest BCUT2D eigenvalue weighted by atomic mass is 16.5. The normalized spacial score (nSPS) is 18.1. The molecule has 2 fully saturated rings. The lowest BCUT2D eigenvalue weighted by molar-refractivity contribution is -0.131. The van der Waals surface area contributed by atoms with Gasteiger partial charge in [-0.1, -0.05) is 6.07 Å². The fourth-order valence-electron chi connectivity index (χ4n) is 6.28. The lowest BCUT2D eigenvalue weighted by atomic mass is 9.93. The van der Waals surface area contributed by atoms with Crippen LogP contribution in [-0.4, -0.2) is 92.3 Å². The molecule has 0 spiro atoms. The van der Waals surface area contributed by atoms with E-state index < -0.39 is 0 Å². The molecule has 2 heterocycles. The predicted octanol–water partition coefficient (Wildman–Crippen LogP) is 4.82. The fourth-order valence-corrected chi connectivity index (χ4v) is 6.28. The second-order valence-corrected chi connectivity index (χ2v) is 12.6. The van der Waals surface area contributed by atoms with Crippen molar-refractivity contribution in [2.75, 3.05) is 53.6 Å². The molecule has 1 aliphatic carbocycles. The minimum Gasteiger partial charge on any atom is -0.493 e. The summed E-state index contributed by atoms with van der Waals surface area (Å²) in [6.45, 7) is 10.3. The molecule has 5 rings (SSSR count). The van der Waals surface area contributed by atoms with Gasteiger partial charge in [-0.25, -0.2) is 0 Å². The molecule has 9 heteroatoms. The minimum absolute atomic E-state index is 0.0186. The summed E-state index contributed by atoms with van der Waals surface area (Å²) in [5, 5.41) is 4.70. The minimum atomic E-state index is -0.0273. The predicted molar refractivity (Wildman–Crippen MR) is 172 cm³/mol. The number of nitrogens with one attached hydrogen (secondary N) is 2. The molecule has 9 nitrogen and oxygen atoms in total. The van der Waals surface area contributed by atoms with E-state index in [9.17, 15) is 9.59 Å². The van der Waals surface area contributed by atoms with Crippen molar-refractivity contribution < 1.29 is 23.8 Å². The van der Waals surface area contributed by atoms with Crippen LogP contribution in [0.4, 0.5) is 0 Å². The molecule has 44 heavy (non-hydrogen) atoms. The molecular weight excluding hydrogens is 556 g/mol. The molecule has 1 saturated carbocycles. The molecule has 2 N–H and O–H groups in total. The average Bonchev–Trinajstić information content (AvgIpc) is 3.64. The van der Waals surface area contributed by atoms with E-state index in [1.165, 1.54) is 0 Å². The third-order valence-electron chi connectivity index (χ3n) is 8.87. The first kappa shape index (κ1) is 31.9. The number of aryl methyl sites for hydroxylation is 1. The van der Waals surface area contributed by atoms with E-state index in [1.54, 1.807) is 26.4 Å². The molecule has 0 bridgehead atoms. The largest absolute Gasteiger partial charge is 0.493 e. The summed E-state index contributed by atoms with van der Waals surface area (Å²) in [7, 11) is 3.27. The van der Waals surface area contributed by atoms with E-state index in [4.69, 9.17) is 14.2 Å². The summed E-state index contributed by atoms with van der Waals surface area (Å²) >= 11 is 0. The Hall–Kier alpha value is -3.56. The van der Waals surface area contributed by atoms with Gasteiger partial charge < -0.3 is 34.3 Å². The van der Waals surface area contributed by atoms with Gasteiger partial charge in [-0.2, -0.15) is 0 Å². The second kappa shape index (κ2) is 14.5. The fraction of sp³-hybridized carbons (Fsp3) is 0.543. The number of hydrogen-bond acceptors (Lipinski definition) is 6. The molecule has 3 aromatic rings. The quantitative estimate of drug-likeness (QED) is 0.242. The molecule has 1 saturated heterocycles. The summed E-state index contributed by atoms with van der Waals surface area (Å²) in [4.78, 5) is 35.0.